The molecule has 1 aliphatic rings. The first-order valence-electron chi connectivity index (χ1n) is 7.66. The third kappa shape index (κ3) is 2.89. The maximum absolute atomic E-state index is 13.3. The van der Waals surface area contributed by atoms with Crippen molar-refractivity contribution in [2.75, 3.05) is 14.1 Å². The van der Waals surface area contributed by atoms with Gasteiger partial charge in [-0.25, -0.2) is 4.39 Å². The summed E-state index contributed by atoms with van der Waals surface area (Å²) in [6, 6.07) is 4.93. The smallest absolute Gasteiger partial charge is 0.123 e. The van der Waals surface area contributed by atoms with E-state index in [9.17, 15) is 4.39 Å². The first kappa shape index (κ1) is 15.5. The van der Waals surface area contributed by atoms with Crippen molar-refractivity contribution in [1.82, 2.24) is 4.90 Å². The number of likely N-dealkylation sites (N-methyl/N-ethyl adjacent to an activating group) is 1. The van der Waals surface area contributed by atoms with Crippen LogP contribution in [0.3, 0.4) is 0 Å². The van der Waals surface area contributed by atoms with Crippen LogP contribution in [0.1, 0.15) is 55.7 Å². The zero-order valence-corrected chi connectivity index (χ0v) is 13.0. The van der Waals surface area contributed by atoms with Crippen molar-refractivity contribution in [1.29, 1.82) is 0 Å². The van der Waals surface area contributed by atoms with Crippen LogP contribution >= 0.6 is 0 Å². The molecule has 1 aromatic rings. The fraction of sp³-hybridized carbons (Fsp3) is 0.647. The quantitative estimate of drug-likeness (QED) is 0.852. The maximum atomic E-state index is 13.3. The Balaban J connectivity index is 2.37. The summed E-state index contributed by atoms with van der Waals surface area (Å²) in [7, 11) is 4.26. The molecule has 0 saturated heterocycles. The number of benzene rings is 1. The Morgan fingerprint density at radius 2 is 1.75 bits per heavy atom. The molecule has 1 aromatic carbocycles. The molecule has 2 N–H and O–H groups in total. The molecular weight excluding hydrogens is 251 g/mol. The van der Waals surface area contributed by atoms with E-state index in [-0.39, 0.29) is 17.4 Å². The second-order valence-corrected chi connectivity index (χ2v) is 6.39. The van der Waals surface area contributed by atoms with E-state index in [0.29, 0.717) is 0 Å². The Bertz CT molecular complexity index is 448. The van der Waals surface area contributed by atoms with Crippen LogP contribution in [0, 0.1) is 12.7 Å². The van der Waals surface area contributed by atoms with Gasteiger partial charge in [0.1, 0.15) is 5.82 Å². The number of rotatable bonds is 3. The summed E-state index contributed by atoms with van der Waals surface area (Å²) in [5, 5.41) is 0. The number of nitrogens with two attached hydrogens (primary N) is 1. The van der Waals surface area contributed by atoms with Crippen molar-refractivity contribution >= 4 is 0 Å². The lowest BCUT2D eigenvalue weighted by molar-refractivity contribution is 0.0966. The van der Waals surface area contributed by atoms with Gasteiger partial charge in [-0.3, -0.25) is 0 Å². The van der Waals surface area contributed by atoms with Crippen LogP contribution in [-0.4, -0.2) is 24.5 Å². The van der Waals surface area contributed by atoms with Crippen molar-refractivity contribution < 1.29 is 4.39 Å². The Morgan fingerprint density at radius 1 is 1.15 bits per heavy atom. The average Bonchev–Trinajstić information content (AvgIpc) is 2.64. The summed E-state index contributed by atoms with van der Waals surface area (Å²) in [5.74, 6) is -0.182. The zero-order chi connectivity index (χ0) is 14.8. The van der Waals surface area contributed by atoms with Crippen LogP contribution < -0.4 is 5.73 Å². The molecule has 1 atom stereocenters. The van der Waals surface area contributed by atoms with E-state index in [4.69, 9.17) is 5.73 Å². The molecule has 112 valence electrons. The molecule has 1 fully saturated rings. The van der Waals surface area contributed by atoms with Crippen LogP contribution in [0.2, 0.25) is 0 Å². The van der Waals surface area contributed by atoms with Gasteiger partial charge < -0.3 is 10.6 Å². The van der Waals surface area contributed by atoms with Gasteiger partial charge in [0.2, 0.25) is 0 Å². The number of halogens is 1. The Kier molecular flexibility index (Phi) is 4.82. The molecule has 0 spiro atoms. The molecule has 0 amide bonds. The first-order valence-corrected chi connectivity index (χ1v) is 7.66. The Hall–Kier alpha value is -0.930. The zero-order valence-electron chi connectivity index (χ0n) is 13.0. The van der Waals surface area contributed by atoms with Gasteiger partial charge in [-0.05, 0) is 57.1 Å². The lowest BCUT2D eigenvalue weighted by Crippen LogP contribution is -2.52. The summed E-state index contributed by atoms with van der Waals surface area (Å²) in [6.07, 6.45) is 7.30. The summed E-state index contributed by atoms with van der Waals surface area (Å²) >= 11 is 0. The second-order valence-electron chi connectivity index (χ2n) is 6.39. The molecule has 2 rings (SSSR count). The van der Waals surface area contributed by atoms with Crippen LogP contribution in [0.4, 0.5) is 4.39 Å². The topological polar surface area (TPSA) is 29.3 Å². The van der Waals surface area contributed by atoms with Crippen molar-refractivity contribution in [2.45, 2.75) is 57.0 Å². The van der Waals surface area contributed by atoms with Crippen molar-refractivity contribution in [3.8, 4) is 0 Å². The van der Waals surface area contributed by atoms with Gasteiger partial charge in [0.15, 0.2) is 0 Å². The van der Waals surface area contributed by atoms with Crippen molar-refractivity contribution in [3.05, 3.63) is 35.1 Å². The molecule has 1 unspecified atom stereocenters. The Labute approximate surface area is 122 Å². The van der Waals surface area contributed by atoms with E-state index in [1.807, 2.05) is 13.0 Å². The predicted octanol–water partition coefficient (Wildman–Crippen LogP) is 3.79. The fourth-order valence-electron chi connectivity index (χ4n) is 3.65. The van der Waals surface area contributed by atoms with E-state index in [0.717, 1.165) is 24.0 Å². The molecule has 1 aliphatic carbocycles. The van der Waals surface area contributed by atoms with Gasteiger partial charge in [0.05, 0.1) is 0 Å². The largest absolute Gasteiger partial charge is 0.322 e. The highest BCUT2D eigenvalue weighted by Crippen LogP contribution is 2.40. The lowest BCUT2D eigenvalue weighted by Gasteiger charge is -2.45. The molecule has 3 heteroatoms. The van der Waals surface area contributed by atoms with Crippen molar-refractivity contribution in [3.63, 3.8) is 0 Å². The highest BCUT2D eigenvalue weighted by molar-refractivity contribution is 5.32. The summed E-state index contributed by atoms with van der Waals surface area (Å²) < 4.78 is 13.3. The molecule has 1 saturated carbocycles. The molecule has 0 bridgehead atoms. The van der Waals surface area contributed by atoms with Crippen molar-refractivity contribution in [2.24, 2.45) is 5.73 Å². The molecule has 0 heterocycles. The molecule has 0 aromatic heterocycles. The van der Waals surface area contributed by atoms with E-state index in [1.54, 1.807) is 6.07 Å². The van der Waals surface area contributed by atoms with Crippen LogP contribution in [0.5, 0.6) is 0 Å². The number of hydrogen-bond acceptors (Lipinski definition) is 2. The average molecular weight is 278 g/mol. The minimum atomic E-state index is -0.182. The van der Waals surface area contributed by atoms with Gasteiger partial charge >= 0.3 is 0 Å². The third-order valence-electron chi connectivity index (χ3n) is 5.01. The number of hydrogen-bond donors (Lipinski definition) is 1. The fourth-order valence-corrected chi connectivity index (χ4v) is 3.65. The van der Waals surface area contributed by atoms with Crippen LogP contribution in [-0.2, 0) is 0 Å². The van der Waals surface area contributed by atoms with Gasteiger partial charge in [0, 0.05) is 11.6 Å². The highest BCUT2D eigenvalue weighted by Gasteiger charge is 2.40. The standard InChI is InChI=1S/C17H27FN2/c1-13-12-14(18)8-9-15(13)16(19)17(20(2)3)10-6-4-5-7-11-17/h8-9,12,16H,4-7,10-11,19H2,1-3H3. The second kappa shape index (κ2) is 6.23. The molecular formula is C17H27FN2. The maximum Gasteiger partial charge on any atom is 0.123 e. The SMILES string of the molecule is Cc1cc(F)ccc1C(N)C1(N(C)C)CCCCCC1. The molecule has 0 aliphatic heterocycles. The van der Waals surface area contributed by atoms with E-state index < -0.39 is 0 Å². The van der Waals surface area contributed by atoms with Gasteiger partial charge in [-0.1, -0.05) is 31.7 Å². The summed E-state index contributed by atoms with van der Waals surface area (Å²) in [5.41, 5.74) is 8.71. The number of nitrogens with zero attached hydrogens (tertiary/aromatic N) is 1. The van der Waals surface area contributed by atoms with Gasteiger partial charge in [0.25, 0.3) is 0 Å². The van der Waals surface area contributed by atoms with E-state index >= 15 is 0 Å². The summed E-state index contributed by atoms with van der Waals surface area (Å²) in [4.78, 5) is 2.30. The molecule has 0 radical (unpaired) electrons. The number of aryl methyl sites for hydroxylation is 1. The first-order chi connectivity index (χ1) is 9.47. The van der Waals surface area contributed by atoms with Gasteiger partial charge in [-0.15, -0.1) is 0 Å². The third-order valence-corrected chi connectivity index (χ3v) is 5.01. The van der Waals surface area contributed by atoms with Gasteiger partial charge in [-0.2, -0.15) is 0 Å². The predicted molar refractivity (Wildman–Crippen MR) is 82.2 cm³/mol. The molecule has 20 heavy (non-hydrogen) atoms. The lowest BCUT2D eigenvalue weighted by atomic mass is 9.77. The van der Waals surface area contributed by atoms with Crippen LogP contribution in [0.25, 0.3) is 0 Å². The highest BCUT2D eigenvalue weighted by atomic mass is 19.1. The van der Waals surface area contributed by atoms with E-state index in [1.165, 1.54) is 31.7 Å². The minimum Gasteiger partial charge on any atom is -0.322 e. The van der Waals surface area contributed by atoms with Crippen LogP contribution in [0.15, 0.2) is 18.2 Å². The van der Waals surface area contributed by atoms with E-state index in [2.05, 4.69) is 19.0 Å². The summed E-state index contributed by atoms with van der Waals surface area (Å²) in [6.45, 7) is 1.96. The monoisotopic (exact) mass is 278 g/mol. The normalized spacial score (nSPS) is 20.7. The minimum absolute atomic E-state index is 0.000903. The molecule has 2 nitrogen and oxygen atoms in total. The Morgan fingerprint density at radius 3 is 2.25 bits per heavy atom.